The van der Waals surface area contributed by atoms with Gasteiger partial charge in [0.1, 0.15) is 5.69 Å². The van der Waals surface area contributed by atoms with Crippen LogP contribution in [0.1, 0.15) is 10.4 Å². The minimum absolute atomic E-state index is 0.0550. The fourth-order valence-electron chi connectivity index (χ4n) is 1.39. The number of hydrogen-bond acceptors (Lipinski definition) is 7. The molecule has 0 atom stereocenters. The van der Waals surface area contributed by atoms with Gasteiger partial charge in [0.05, 0.1) is 17.1 Å². The molecule has 9 heteroatoms. The SMILES string of the molecule is COCCNC(=O)COC(=O)c1ccc(N)c([N+](=O)[O-])c1. The number of rotatable bonds is 7. The third kappa shape index (κ3) is 5.07. The molecule has 0 aliphatic heterocycles. The predicted molar refractivity (Wildman–Crippen MR) is 72.7 cm³/mol. The lowest BCUT2D eigenvalue weighted by atomic mass is 10.2. The largest absolute Gasteiger partial charge is 0.452 e. The van der Waals surface area contributed by atoms with Crippen LogP contribution in [-0.2, 0) is 14.3 Å². The van der Waals surface area contributed by atoms with Gasteiger partial charge in [-0.25, -0.2) is 4.79 Å². The van der Waals surface area contributed by atoms with Crippen molar-refractivity contribution in [2.75, 3.05) is 32.6 Å². The summed E-state index contributed by atoms with van der Waals surface area (Å²) in [5.41, 5.74) is 4.90. The standard InChI is InChI=1S/C12H15N3O6/c1-20-5-4-14-11(16)7-21-12(17)8-2-3-9(13)10(6-8)15(18)19/h2-3,6H,4-5,7,13H2,1H3,(H,14,16). The van der Waals surface area contributed by atoms with Crippen molar-refractivity contribution in [3.05, 3.63) is 33.9 Å². The van der Waals surface area contributed by atoms with Crippen LogP contribution in [0.3, 0.4) is 0 Å². The number of methoxy groups -OCH3 is 1. The molecule has 21 heavy (non-hydrogen) atoms. The Morgan fingerprint density at radius 2 is 2.14 bits per heavy atom. The number of benzene rings is 1. The summed E-state index contributed by atoms with van der Waals surface area (Å²) in [6, 6.07) is 3.52. The fraction of sp³-hybridized carbons (Fsp3) is 0.333. The molecule has 0 aromatic heterocycles. The summed E-state index contributed by atoms with van der Waals surface area (Å²) < 4.78 is 9.48. The zero-order valence-corrected chi connectivity index (χ0v) is 11.3. The normalized spacial score (nSPS) is 9.95. The third-order valence-electron chi connectivity index (χ3n) is 2.43. The minimum atomic E-state index is -0.847. The van der Waals surface area contributed by atoms with Crippen molar-refractivity contribution in [3.63, 3.8) is 0 Å². The Kier molecular flexibility index (Phi) is 6.08. The number of nitrogens with zero attached hydrogens (tertiary/aromatic N) is 1. The summed E-state index contributed by atoms with van der Waals surface area (Å²) in [6.07, 6.45) is 0. The molecule has 0 heterocycles. The molecule has 9 nitrogen and oxygen atoms in total. The predicted octanol–water partition coefficient (Wildman–Crippen LogP) is 0.0964. The van der Waals surface area contributed by atoms with E-state index in [0.29, 0.717) is 13.2 Å². The smallest absolute Gasteiger partial charge is 0.338 e. The Hall–Kier alpha value is -2.68. The van der Waals surface area contributed by atoms with Crippen molar-refractivity contribution < 1.29 is 24.0 Å². The molecule has 0 spiro atoms. The van der Waals surface area contributed by atoms with Crippen molar-refractivity contribution in [1.82, 2.24) is 5.32 Å². The molecule has 0 fully saturated rings. The van der Waals surface area contributed by atoms with Gasteiger partial charge < -0.3 is 20.5 Å². The number of esters is 1. The van der Waals surface area contributed by atoms with Crippen molar-refractivity contribution in [2.24, 2.45) is 0 Å². The third-order valence-corrected chi connectivity index (χ3v) is 2.43. The Morgan fingerprint density at radius 1 is 1.43 bits per heavy atom. The monoisotopic (exact) mass is 297 g/mol. The quantitative estimate of drug-likeness (QED) is 0.239. The Bertz CT molecular complexity index is 546. The zero-order valence-electron chi connectivity index (χ0n) is 11.3. The van der Waals surface area contributed by atoms with Gasteiger partial charge in [0.2, 0.25) is 0 Å². The van der Waals surface area contributed by atoms with E-state index >= 15 is 0 Å². The first-order valence-electron chi connectivity index (χ1n) is 5.92. The first kappa shape index (κ1) is 16.4. The maximum absolute atomic E-state index is 11.7. The minimum Gasteiger partial charge on any atom is -0.452 e. The second-order valence-corrected chi connectivity index (χ2v) is 3.95. The van der Waals surface area contributed by atoms with Gasteiger partial charge >= 0.3 is 5.97 Å². The lowest BCUT2D eigenvalue weighted by Gasteiger charge is -2.06. The van der Waals surface area contributed by atoms with E-state index in [4.69, 9.17) is 15.2 Å². The van der Waals surface area contributed by atoms with E-state index in [1.54, 1.807) is 0 Å². The fourth-order valence-corrected chi connectivity index (χ4v) is 1.39. The van der Waals surface area contributed by atoms with Crippen LogP contribution in [0.15, 0.2) is 18.2 Å². The van der Waals surface area contributed by atoms with Crippen molar-refractivity contribution in [2.45, 2.75) is 0 Å². The number of nitrogen functional groups attached to an aromatic ring is 1. The van der Waals surface area contributed by atoms with Gasteiger partial charge in [-0.3, -0.25) is 14.9 Å². The molecular weight excluding hydrogens is 282 g/mol. The Balaban J connectivity index is 2.58. The Morgan fingerprint density at radius 3 is 2.76 bits per heavy atom. The summed E-state index contributed by atoms with van der Waals surface area (Å²) in [5.74, 6) is -1.34. The highest BCUT2D eigenvalue weighted by atomic mass is 16.6. The van der Waals surface area contributed by atoms with Gasteiger partial charge in [-0.05, 0) is 12.1 Å². The second-order valence-electron chi connectivity index (χ2n) is 3.95. The van der Waals surface area contributed by atoms with Crippen molar-refractivity contribution in [1.29, 1.82) is 0 Å². The van der Waals surface area contributed by atoms with Gasteiger partial charge in [-0.2, -0.15) is 0 Å². The number of carbonyl (C=O) groups is 2. The highest BCUT2D eigenvalue weighted by molar-refractivity contribution is 5.92. The van der Waals surface area contributed by atoms with E-state index in [-0.39, 0.29) is 11.3 Å². The average molecular weight is 297 g/mol. The lowest BCUT2D eigenvalue weighted by Crippen LogP contribution is -2.31. The van der Waals surface area contributed by atoms with Crippen LogP contribution in [0, 0.1) is 10.1 Å². The number of anilines is 1. The molecule has 0 aliphatic rings. The van der Waals surface area contributed by atoms with Crippen LogP contribution in [0.5, 0.6) is 0 Å². The topological polar surface area (TPSA) is 134 Å². The number of hydrogen-bond donors (Lipinski definition) is 2. The van der Waals surface area contributed by atoms with Crippen LogP contribution in [-0.4, -0.2) is 43.7 Å². The molecule has 1 aromatic rings. The summed E-state index contributed by atoms with van der Waals surface area (Å²) in [6.45, 7) is 0.144. The highest BCUT2D eigenvalue weighted by Gasteiger charge is 2.17. The number of nitrogens with two attached hydrogens (primary N) is 1. The summed E-state index contributed by atoms with van der Waals surface area (Å²) in [5, 5.41) is 13.2. The van der Waals surface area contributed by atoms with Crippen LogP contribution >= 0.6 is 0 Å². The van der Waals surface area contributed by atoms with Crippen molar-refractivity contribution >= 4 is 23.3 Å². The van der Waals surface area contributed by atoms with Gasteiger partial charge in [-0.15, -0.1) is 0 Å². The van der Waals surface area contributed by atoms with E-state index in [1.165, 1.54) is 19.2 Å². The Labute approximate surface area is 120 Å². The first-order valence-corrected chi connectivity index (χ1v) is 5.92. The molecule has 1 rings (SSSR count). The molecule has 0 radical (unpaired) electrons. The van der Waals surface area contributed by atoms with E-state index in [2.05, 4.69) is 5.32 Å². The maximum atomic E-state index is 11.7. The van der Waals surface area contributed by atoms with Gasteiger partial charge in [0, 0.05) is 19.7 Å². The number of ether oxygens (including phenoxy) is 2. The number of nitro groups is 1. The van der Waals surface area contributed by atoms with Crippen molar-refractivity contribution in [3.8, 4) is 0 Å². The summed E-state index contributed by atoms with van der Waals surface area (Å²) in [7, 11) is 1.49. The second kappa shape index (κ2) is 7.80. The number of nitrogens with one attached hydrogen (secondary N) is 1. The molecule has 0 bridgehead atoms. The molecule has 3 N–H and O–H groups in total. The molecule has 0 unspecified atom stereocenters. The zero-order chi connectivity index (χ0) is 15.8. The molecule has 0 saturated carbocycles. The number of carbonyl (C=O) groups excluding carboxylic acids is 2. The van der Waals surface area contributed by atoms with Crippen LogP contribution in [0.2, 0.25) is 0 Å². The number of amides is 1. The summed E-state index contributed by atoms with van der Waals surface area (Å²) >= 11 is 0. The maximum Gasteiger partial charge on any atom is 0.338 e. The van der Waals surface area contributed by atoms with Crippen LogP contribution < -0.4 is 11.1 Å². The van der Waals surface area contributed by atoms with E-state index < -0.39 is 29.1 Å². The van der Waals surface area contributed by atoms with Gasteiger partial charge in [-0.1, -0.05) is 0 Å². The lowest BCUT2D eigenvalue weighted by molar-refractivity contribution is -0.383. The summed E-state index contributed by atoms with van der Waals surface area (Å²) in [4.78, 5) is 33.0. The van der Waals surface area contributed by atoms with Gasteiger partial charge in [0.25, 0.3) is 11.6 Å². The molecular formula is C12H15N3O6. The average Bonchev–Trinajstić information content (AvgIpc) is 2.45. The number of nitro benzene ring substituents is 1. The first-order chi connectivity index (χ1) is 9.95. The molecule has 1 amide bonds. The van der Waals surface area contributed by atoms with E-state index in [1.807, 2.05) is 0 Å². The van der Waals surface area contributed by atoms with Gasteiger partial charge in [0.15, 0.2) is 6.61 Å². The van der Waals surface area contributed by atoms with Crippen LogP contribution in [0.25, 0.3) is 0 Å². The van der Waals surface area contributed by atoms with Crippen LogP contribution in [0.4, 0.5) is 11.4 Å². The highest BCUT2D eigenvalue weighted by Crippen LogP contribution is 2.22. The van der Waals surface area contributed by atoms with E-state index in [9.17, 15) is 19.7 Å². The molecule has 1 aromatic carbocycles. The molecule has 0 aliphatic carbocycles. The molecule has 0 saturated heterocycles. The molecule has 114 valence electrons. The van der Waals surface area contributed by atoms with E-state index in [0.717, 1.165) is 6.07 Å².